The van der Waals surface area contributed by atoms with Crippen molar-refractivity contribution in [2.75, 3.05) is 13.2 Å². The van der Waals surface area contributed by atoms with Crippen LogP contribution in [0.1, 0.15) is 24.5 Å². The maximum Gasteiger partial charge on any atom is 0.257 e. The highest BCUT2D eigenvalue weighted by atomic mass is 16.5. The Kier molecular flexibility index (Phi) is 4.83. The number of hydrogen-bond donors (Lipinski definition) is 1. The Labute approximate surface area is 96.8 Å². The van der Waals surface area contributed by atoms with E-state index < -0.39 is 0 Å². The smallest absolute Gasteiger partial charge is 0.257 e. The SMILES string of the molecule is CCCNC(=O)COc1cc(C)cc(C)c1. The first kappa shape index (κ1) is 12.6. The van der Waals surface area contributed by atoms with Crippen LogP contribution in [0, 0.1) is 13.8 Å². The summed E-state index contributed by atoms with van der Waals surface area (Å²) < 4.78 is 5.41. The molecule has 0 aliphatic heterocycles. The Balaban J connectivity index is 2.45. The minimum atomic E-state index is -0.0685. The molecule has 0 bridgehead atoms. The summed E-state index contributed by atoms with van der Waals surface area (Å²) in [5.41, 5.74) is 2.29. The second kappa shape index (κ2) is 6.16. The molecule has 0 radical (unpaired) electrons. The molecule has 88 valence electrons. The summed E-state index contributed by atoms with van der Waals surface area (Å²) in [6.45, 7) is 6.83. The van der Waals surface area contributed by atoms with E-state index in [0.29, 0.717) is 6.54 Å². The van der Waals surface area contributed by atoms with E-state index in [2.05, 4.69) is 11.4 Å². The minimum absolute atomic E-state index is 0.0685. The number of amides is 1. The first-order valence-corrected chi connectivity index (χ1v) is 5.59. The zero-order chi connectivity index (χ0) is 12.0. The minimum Gasteiger partial charge on any atom is -0.484 e. The van der Waals surface area contributed by atoms with E-state index in [1.165, 1.54) is 0 Å². The lowest BCUT2D eigenvalue weighted by molar-refractivity contribution is -0.123. The Morgan fingerprint density at radius 2 is 1.88 bits per heavy atom. The summed E-state index contributed by atoms with van der Waals surface area (Å²) in [6.07, 6.45) is 0.940. The van der Waals surface area contributed by atoms with Crippen molar-refractivity contribution in [3.63, 3.8) is 0 Å². The Bertz CT molecular complexity index is 341. The molecule has 3 nitrogen and oxygen atoms in total. The van der Waals surface area contributed by atoms with Gasteiger partial charge in [0.05, 0.1) is 0 Å². The van der Waals surface area contributed by atoms with Crippen LogP contribution in [0.5, 0.6) is 5.75 Å². The molecule has 0 fully saturated rings. The summed E-state index contributed by atoms with van der Waals surface area (Å²) >= 11 is 0. The maximum atomic E-state index is 11.3. The average molecular weight is 221 g/mol. The molecule has 1 N–H and O–H groups in total. The normalized spacial score (nSPS) is 9.94. The van der Waals surface area contributed by atoms with E-state index in [4.69, 9.17) is 4.74 Å². The molecule has 0 saturated carbocycles. The number of ether oxygens (including phenoxy) is 1. The molecule has 0 heterocycles. The fourth-order valence-corrected chi connectivity index (χ4v) is 1.48. The van der Waals surface area contributed by atoms with Gasteiger partial charge in [0.1, 0.15) is 5.75 Å². The second-order valence-corrected chi connectivity index (χ2v) is 3.96. The molecule has 0 saturated heterocycles. The van der Waals surface area contributed by atoms with Crippen LogP contribution in [0.25, 0.3) is 0 Å². The topological polar surface area (TPSA) is 38.3 Å². The van der Waals surface area contributed by atoms with Gasteiger partial charge in [0.2, 0.25) is 0 Å². The van der Waals surface area contributed by atoms with E-state index in [9.17, 15) is 4.79 Å². The molecule has 1 amide bonds. The molecule has 1 rings (SSSR count). The zero-order valence-corrected chi connectivity index (χ0v) is 10.2. The third-order valence-electron chi connectivity index (χ3n) is 2.14. The quantitative estimate of drug-likeness (QED) is 0.827. The lowest BCUT2D eigenvalue weighted by Crippen LogP contribution is -2.29. The van der Waals surface area contributed by atoms with Crippen LogP contribution >= 0.6 is 0 Å². The molecule has 0 aromatic heterocycles. The number of benzene rings is 1. The highest BCUT2D eigenvalue weighted by molar-refractivity contribution is 5.77. The molecule has 0 aliphatic rings. The van der Waals surface area contributed by atoms with Crippen molar-refractivity contribution in [3.8, 4) is 5.75 Å². The molecule has 0 atom stereocenters. The molecule has 1 aromatic carbocycles. The second-order valence-electron chi connectivity index (χ2n) is 3.96. The van der Waals surface area contributed by atoms with Crippen LogP contribution in [0.4, 0.5) is 0 Å². The van der Waals surface area contributed by atoms with Crippen LogP contribution in [0.15, 0.2) is 18.2 Å². The third-order valence-corrected chi connectivity index (χ3v) is 2.14. The van der Waals surface area contributed by atoms with Gasteiger partial charge in [0.25, 0.3) is 5.91 Å². The van der Waals surface area contributed by atoms with E-state index in [-0.39, 0.29) is 12.5 Å². The average Bonchev–Trinajstić information content (AvgIpc) is 2.22. The zero-order valence-electron chi connectivity index (χ0n) is 10.2. The number of hydrogen-bond acceptors (Lipinski definition) is 2. The van der Waals surface area contributed by atoms with Crippen LogP contribution in [0.2, 0.25) is 0 Å². The van der Waals surface area contributed by atoms with Crippen molar-refractivity contribution < 1.29 is 9.53 Å². The van der Waals surface area contributed by atoms with Crippen LogP contribution in [-0.2, 0) is 4.79 Å². The van der Waals surface area contributed by atoms with Crippen molar-refractivity contribution in [1.29, 1.82) is 0 Å². The predicted molar refractivity (Wildman–Crippen MR) is 64.7 cm³/mol. The van der Waals surface area contributed by atoms with E-state index >= 15 is 0 Å². The number of carbonyl (C=O) groups is 1. The van der Waals surface area contributed by atoms with Crippen LogP contribution < -0.4 is 10.1 Å². The molecule has 1 aromatic rings. The van der Waals surface area contributed by atoms with Crippen molar-refractivity contribution in [2.45, 2.75) is 27.2 Å². The van der Waals surface area contributed by atoms with Crippen LogP contribution in [0.3, 0.4) is 0 Å². The molecular weight excluding hydrogens is 202 g/mol. The lowest BCUT2D eigenvalue weighted by Gasteiger charge is -2.08. The van der Waals surface area contributed by atoms with Gasteiger partial charge in [-0.2, -0.15) is 0 Å². The van der Waals surface area contributed by atoms with Gasteiger partial charge in [0, 0.05) is 6.54 Å². The van der Waals surface area contributed by atoms with E-state index in [1.807, 2.05) is 32.9 Å². The first-order valence-electron chi connectivity index (χ1n) is 5.59. The highest BCUT2D eigenvalue weighted by Crippen LogP contribution is 2.15. The van der Waals surface area contributed by atoms with Gasteiger partial charge in [-0.1, -0.05) is 13.0 Å². The highest BCUT2D eigenvalue weighted by Gasteiger charge is 2.02. The van der Waals surface area contributed by atoms with Gasteiger partial charge in [-0.25, -0.2) is 0 Å². The largest absolute Gasteiger partial charge is 0.484 e. The summed E-state index contributed by atoms with van der Waals surface area (Å²) in [5.74, 6) is 0.685. The van der Waals surface area contributed by atoms with Crippen molar-refractivity contribution >= 4 is 5.91 Å². The fourth-order valence-electron chi connectivity index (χ4n) is 1.48. The summed E-state index contributed by atoms with van der Waals surface area (Å²) in [7, 11) is 0. The van der Waals surface area contributed by atoms with Gasteiger partial charge < -0.3 is 10.1 Å². The predicted octanol–water partition coefficient (Wildman–Crippen LogP) is 2.21. The Morgan fingerprint density at radius 3 is 2.44 bits per heavy atom. The number of rotatable bonds is 5. The molecule has 0 unspecified atom stereocenters. The third kappa shape index (κ3) is 4.34. The van der Waals surface area contributed by atoms with Gasteiger partial charge in [-0.05, 0) is 43.5 Å². The maximum absolute atomic E-state index is 11.3. The van der Waals surface area contributed by atoms with Gasteiger partial charge in [-0.3, -0.25) is 4.79 Å². The lowest BCUT2D eigenvalue weighted by atomic mass is 10.1. The molecule has 16 heavy (non-hydrogen) atoms. The fraction of sp³-hybridized carbons (Fsp3) is 0.462. The van der Waals surface area contributed by atoms with Crippen molar-refractivity contribution in [3.05, 3.63) is 29.3 Å². The van der Waals surface area contributed by atoms with Crippen LogP contribution in [-0.4, -0.2) is 19.1 Å². The first-order chi connectivity index (χ1) is 7.61. The monoisotopic (exact) mass is 221 g/mol. The number of carbonyl (C=O) groups excluding carboxylic acids is 1. The van der Waals surface area contributed by atoms with Crippen molar-refractivity contribution in [1.82, 2.24) is 5.32 Å². The molecule has 0 aliphatic carbocycles. The molecular formula is C13H19NO2. The van der Waals surface area contributed by atoms with Crippen molar-refractivity contribution in [2.24, 2.45) is 0 Å². The van der Waals surface area contributed by atoms with Gasteiger partial charge in [0.15, 0.2) is 6.61 Å². The Morgan fingerprint density at radius 1 is 1.25 bits per heavy atom. The summed E-state index contributed by atoms with van der Waals surface area (Å²) in [5, 5.41) is 2.77. The summed E-state index contributed by atoms with van der Waals surface area (Å²) in [4.78, 5) is 11.3. The molecule has 3 heteroatoms. The van der Waals surface area contributed by atoms with Gasteiger partial charge in [-0.15, -0.1) is 0 Å². The standard InChI is InChI=1S/C13H19NO2/c1-4-5-14-13(15)9-16-12-7-10(2)6-11(3)8-12/h6-8H,4-5,9H2,1-3H3,(H,14,15). The number of nitrogens with one attached hydrogen (secondary N) is 1. The summed E-state index contributed by atoms with van der Waals surface area (Å²) in [6, 6.07) is 5.93. The van der Waals surface area contributed by atoms with Gasteiger partial charge >= 0.3 is 0 Å². The Hall–Kier alpha value is -1.51. The van der Waals surface area contributed by atoms with E-state index in [1.54, 1.807) is 0 Å². The van der Waals surface area contributed by atoms with E-state index in [0.717, 1.165) is 23.3 Å². The molecule has 0 spiro atoms. The number of aryl methyl sites for hydroxylation is 2.